The number of carbonyl (C=O) groups excluding carboxylic acids is 1. The van der Waals surface area contributed by atoms with E-state index >= 15 is 0 Å². The molecule has 1 aromatic carbocycles. The Morgan fingerprint density at radius 2 is 2.16 bits per heavy atom. The summed E-state index contributed by atoms with van der Waals surface area (Å²) >= 11 is 0. The monoisotopic (exact) mass is 262 g/mol. The Morgan fingerprint density at radius 3 is 2.89 bits per heavy atom. The maximum Gasteiger partial charge on any atom is 0.246 e. The molecule has 1 saturated heterocycles. The Labute approximate surface area is 112 Å². The molecule has 0 bridgehead atoms. The van der Waals surface area contributed by atoms with Gasteiger partial charge in [0, 0.05) is 25.6 Å². The van der Waals surface area contributed by atoms with Gasteiger partial charge in [-0.15, -0.1) is 0 Å². The van der Waals surface area contributed by atoms with Crippen molar-refractivity contribution >= 4 is 11.6 Å². The summed E-state index contributed by atoms with van der Waals surface area (Å²) in [4.78, 5) is 12.0. The lowest BCUT2D eigenvalue weighted by Gasteiger charge is -2.16. The Bertz CT molecular complexity index is 507. The summed E-state index contributed by atoms with van der Waals surface area (Å²) in [6.45, 7) is 4.62. The fourth-order valence-corrected chi connectivity index (χ4v) is 2.44. The quantitative estimate of drug-likeness (QED) is 0.854. The summed E-state index contributed by atoms with van der Waals surface area (Å²) in [5, 5.41) is 6.08. The molecule has 0 radical (unpaired) electrons. The van der Waals surface area contributed by atoms with E-state index in [1.54, 1.807) is 6.07 Å². The molecule has 0 unspecified atom stereocenters. The van der Waals surface area contributed by atoms with Crippen molar-refractivity contribution in [1.82, 2.24) is 5.32 Å². The molecule has 5 nitrogen and oxygen atoms in total. The van der Waals surface area contributed by atoms with Gasteiger partial charge in [-0.05, 0) is 31.5 Å². The molecule has 0 aromatic heterocycles. The SMILES string of the molecule is CC1(C)Oc2ccc(NC(=O)[C@H]3CCCN3)cc2O1. The van der Waals surface area contributed by atoms with Crippen LogP contribution in [0.1, 0.15) is 26.7 Å². The second kappa shape index (κ2) is 4.42. The van der Waals surface area contributed by atoms with Crippen LogP contribution in [0.25, 0.3) is 0 Å². The molecule has 2 aliphatic rings. The third-order valence-electron chi connectivity index (χ3n) is 3.30. The molecule has 0 spiro atoms. The van der Waals surface area contributed by atoms with Gasteiger partial charge in [0.15, 0.2) is 11.5 Å². The fraction of sp³-hybridized carbons (Fsp3) is 0.500. The molecule has 3 rings (SSSR count). The van der Waals surface area contributed by atoms with Gasteiger partial charge in [0.05, 0.1) is 6.04 Å². The first-order chi connectivity index (χ1) is 9.03. The van der Waals surface area contributed by atoms with E-state index in [0.29, 0.717) is 11.5 Å². The average Bonchev–Trinajstić information content (AvgIpc) is 2.93. The number of carbonyl (C=O) groups is 1. The molecule has 1 fully saturated rings. The maximum absolute atomic E-state index is 12.0. The highest BCUT2D eigenvalue weighted by molar-refractivity contribution is 5.95. The lowest BCUT2D eigenvalue weighted by Crippen LogP contribution is -2.35. The minimum Gasteiger partial charge on any atom is -0.449 e. The summed E-state index contributed by atoms with van der Waals surface area (Å²) in [6, 6.07) is 5.37. The van der Waals surface area contributed by atoms with Crippen LogP contribution in [0.2, 0.25) is 0 Å². The third-order valence-corrected chi connectivity index (χ3v) is 3.30. The highest BCUT2D eigenvalue weighted by Gasteiger charge is 2.32. The lowest BCUT2D eigenvalue weighted by molar-refractivity contribution is -0.117. The van der Waals surface area contributed by atoms with Gasteiger partial charge >= 0.3 is 0 Å². The number of rotatable bonds is 2. The first-order valence-electron chi connectivity index (χ1n) is 6.60. The predicted molar refractivity (Wildman–Crippen MR) is 71.4 cm³/mol. The molecular formula is C14H18N2O3. The summed E-state index contributed by atoms with van der Waals surface area (Å²) in [5.74, 6) is 0.748. The van der Waals surface area contributed by atoms with Gasteiger partial charge in [0.2, 0.25) is 11.7 Å². The number of anilines is 1. The standard InChI is InChI=1S/C14H18N2O3/c1-14(2)18-11-6-5-9(8-12(11)19-14)16-13(17)10-4-3-7-15-10/h5-6,8,10,15H,3-4,7H2,1-2H3,(H,16,17)/t10-/m1/s1. The first kappa shape index (κ1) is 12.3. The van der Waals surface area contributed by atoms with Gasteiger partial charge in [-0.1, -0.05) is 0 Å². The van der Waals surface area contributed by atoms with Gasteiger partial charge < -0.3 is 20.1 Å². The normalized spacial score (nSPS) is 23.4. The second-order valence-corrected chi connectivity index (χ2v) is 5.40. The minimum atomic E-state index is -0.641. The highest BCUT2D eigenvalue weighted by Crippen LogP contribution is 2.40. The van der Waals surface area contributed by atoms with E-state index in [1.165, 1.54) is 0 Å². The third kappa shape index (κ3) is 2.51. The zero-order valence-electron chi connectivity index (χ0n) is 11.2. The highest BCUT2D eigenvalue weighted by atomic mass is 16.7. The van der Waals surface area contributed by atoms with E-state index in [1.807, 2.05) is 26.0 Å². The Balaban J connectivity index is 1.71. The van der Waals surface area contributed by atoms with Crippen molar-refractivity contribution in [3.8, 4) is 11.5 Å². The van der Waals surface area contributed by atoms with Crippen molar-refractivity contribution in [2.45, 2.75) is 38.5 Å². The van der Waals surface area contributed by atoms with Crippen molar-refractivity contribution in [2.75, 3.05) is 11.9 Å². The van der Waals surface area contributed by atoms with Crippen LogP contribution in [0, 0.1) is 0 Å². The summed E-state index contributed by atoms with van der Waals surface area (Å²) in [6.07, 6.45) is 1.94. The molecule has 102 valence electrons. The van der Waals surface area contributed by atoms with Gasteiger partial charge in [0.1, 0.15) is 0 Å². The van der Waals surface area contributed by atoms with Gasteiger partial charge in [-0.3, -0.25) is 4.79 Å². The Hall–Kier alpha value is -1.75. The molecule has 1 amide bonds. The van der Waals surface area contributed by atoms with Crippen molar-refractivity contribution in [1.29, 1.82) is 0 Å². The van der Waals surface area contributed by atoms with Crippen LogP contribution in [-0.4, -0.2) is 24.3 Å². The molecule has 0 saturated carbocycles. The van der Waals surface area contributed by atoms with Gasteiger partial charge in [0.25, 0.3) is 0 Å². The Kier molecular flexibility index (Phi) is 2.86. The van der Waals surface area contributed by atoms with Crippen molar-refractivity contribution < 1.29 is 14.3 Å². The van der Waals surface area contributed by atoms with Gasteiger partial charge in [-0.2, -0.15) is 0 Å². The van der Waals surface area contributed by atoms with Crippen LogP contribution in [0.3, 0.4) is 0 Å². The number of nitrogens with one attached hydrogen (secondary N) is 2. The van der Waals surface area contributed by atoms with E-state index in [4.69, 9.17) is 9.47 Å². The Morgan fingerprint density at radius 1 is 1.37 bits per heavy atom. The number of hydrogen-bond donors (Lipinski definition) is 2. The summed E-state index contributed by atoms with van der Waals surface area (Å²) in [7, 11) is 0. The number of amides is 1. The maximum atomic E-state index is 12.0. The summed E-state index contributed by atoms with van der Waals surface area (Å²) < 4.78 is 11.3. The molecule has 2 N–H and O–H groups in total. The molecule has 5 heteroatoms. The number of fused-ring (bicyclic) bond motifs is 1. The number of benzene rings is 1. The van der Waals surface area contributed by atoms with Crippen LogP contribution in [-0.2, 0) is 4.79 Å². The number of ether oxygens (including phenoxy) is 2. The van der Waals surface area contributed by atoms with E-state index in [0.717, 1.165) is 25.1 Å². The van der Waals surface area contributed by atoms with Gasteiger partial charge in [-0.25, -0.2) is 0 Å². The van der Waals surface area contributed by atoms with E-state index < -0.39 is 5.79 Å². The fourth-order valence-electron chi connectivity index (χ4n) is 2.44. The van der Waals surface area contributed by atoms with Crippen molar-refractivity contribution in [3.05, 3.63) is 18.2 Å². The molecule has 19 heavy (non-hydrogen) atoms. The largest absolute Gasteiger partial charge is 0.449 e. The zero-order valence-corrected chi connectivity index (χ0v) is 11.2. The topological polar surface area (TPSA) is 59.6 Å². The smallest absolute Gasteiger partial charge is 0.246 e. The lowest BCUT2D eigenvalue weighted by atomic mass is 10.2. The molecule has 1 atom stereocenters. The first-order valence-corrected chi connectivity index (χ1v) is 6.60. The minimum absolute atomic E-state index is 0.00984. The van der Waals surface area contributed by atoms with Crippen LogP contribution < -0.4 is 20.1 Å². The average molecular weight is 262 g/mol. The van der Waals surface area contributed by atoms with E-state index in [9.17, 15) is 4.79 Å². The van der Waals surface area contributed by atoms with Crippen molar-refractivity contribution in [3.63, 3.8) is 0 Å². The van der Waals surface area contributed by atoms with Crippen LogP contribution >= 0.6 is 0 Å². The second-order valence-electron chi connectivity index (χ2n) is 5.40. The molecule has 2 aliphatic heterocycles. The van der Waals surface area contributed by atoms with Crippen LogP contribution in [0.4, 0.5) is 5.69 Å². The zero-order chi connectivity index (χ0) is 13.5. The van der Waals surface area contributed by atoms with E-state index in [2.05, 4.69) is 10.6 Å². The predicted octanol–water partition coefficient (Wildman–Crippen LogP) is 1.88. The van der Waals surface area contributed by atoms with Crippen molar-refractivity contribution in [2.24, 2.45) is 0 Å². The van der Waals surface area contributed by atoms with Crippen LogP contribution in [0.15, 0.2) is 18.2 Å². The summed E-state index contributed by atoms with van der Waals surface area (Å²) in [5.41, 5.74) is 0.735. The van der Waals surface area contributed by atoms with E-state index in [-0.39, 0.29) is 11.9 Å². The van der Waals surface area contributed by atoms with Crippen LogP contribution in [0.5, 0.6) is 11.5 Å². The molecule has 2 heterocycles. The molecule has 0 aliphatic carbocycles. The number of hydrogen-bond acceptors (Lipinski definition) is 4. The molecule has 1 aromatic rings. The molecular weight excluding hydrogens is 244 g/mol.